The van der Waals surface area contributed by atoms with Crippen molar-refractivity contribution in [3.05, 3.63) is 35.1 Å². The molecule has 1 saturated heterocycles. The summed E-state index contributed by atoms with van der Waals surface area (Å²) < 4.78 is 51.0. The van der Waals surface area contributed by atoms with E-state index in [1.807, 2.05) is 6.92 Å². The molecule has 1 fully saturated rings. The van der Waals surface area contributed by atoms with Crippen molar-refractivity contribution in [3.63, 3.8) is 0 Å². The number of nitrogens with one attached hydrogen (secondary N) is 1. The molecule has 1 aliphatic rings. The Balaban J connectivity index is 2.35. The first-order valence-electron chi connectivity index (χ1n) is 6.42. The molecule has 1 aromatic rings. The minimum absolute atomic E-state index is 0.000972. The molecule has 1 atom stereocenters. The maximum atomic E-state index is 13.5. The highest BCUT2D eigenvalue weighted by Gasteiger charge is 2.41. The van der Waals surface area contributed by atoms with Gasteiger partial charge < -0.3 is 5.32 Å². The number of alkyl halides is 3. The Hall–Kier alpha value is -1.43. The van der Waals surface area contributed by atoms with Gasteiger partial charge in [0.1, 0.15) is 5.82 Å². The van der Waals surface area contributed by atoms with E-state index in [9.17, 15) is 22.4 Å². The molecule has 20 heavy (non-hydrogen) atoms. The van der Waals surface area contributed by atoms with Crippen LogP contribution in [0.3, 0.4) is 0 Å². The number of carbonyl (C=O) groups excluding carboxylic acids is 1. The zero-order valence-electron chi connectivity index (χ0n) is 11.0. The summed E-state index contributed by atoms with van der Waals surface area (Å²) in [4.78, 5) is 12.4. The molecule has 2 rings (SSSR count). The summed E-state index contributed by atoms with van der Waals surface area (Å²) in [5.74, 6) is -1.70. The highest BCUT2D eigenvalue weighted by Crippen LogP contribution is 2.36. The van der Waals surface area contributed by atoms with Crippen molar-refractivity contribution in [1.82, 2.24) is 5.32 Å². The zero-order chi connectivity index (χ0) is 15.0. The van der Waals surface area contributed by atoms with Crippen molar-refractivity contribution >= 4 is 5.78 Å². The second-order valence-corrected chi connectivity index (χ2v) is 5.08. The molecule has 0 bridgehead atoms. The van der Waals surface area contributed by atoms with Crippen LogP contribution in [0.25, 0.3) is 0 Å². The highest BCUT2D eigenvalue weighted by atomic mass is 19.4. The summed E-state index contributed by atoms with van der Waals surface area (Å²) in [7, 11) is 0. The van der Waals surface area contributed by atoms with Gasteiger partial charge in [-0.25, -0.2) is 4.39 Å². The van der Waals surface area contributed by atoms with Crippen LogP contribution in [-0.2, 0) is 6.18 Å². The summed E-state index contributed by atoms with van der Waals surface area (Å²) >= 11 is 0. The Bertz CT molecular complexity index is 518. The molecule has 1 aromatic carbocycles. The molecule has 110 valence electrons. The Kier molecular flexibility index (Phi) is 3.86. The number of ketones is 1. The van der Waals surface area contributed by atoms with Gasteiger partial charge >= 0.3 is 6.18 Å². The molecule has 0 radical (unpaired) electrons. The zero-order valence-corrected chi connectivity index (χ0v) is 11.0. The molecule has 1 heterocycles. The molecule has 1 unspecified atom stereocenters. The summed E-state index contributed by atoms with van der Waals surface area (Å²) in [6.07, 6.45) is -3.56. The lowest BCUT2D eigenvalue weighted by molar-refractivity contribution is -0.140. The molecule has 2 nitrogen and oxygen atoms in total. The van der Waals surface area contributed by atoms with Gasteiger partial charge in [0.2, 0.25) is 0 Å². The lowest BCUT2D eigenvalue weighted by atomic mass is 9.77. The summed E-state index contributed by atoms with van der Waals surface area (Å²) in [5, 5.41) is 3.07. The van der Waals surface area contributed by atoms with Crippen LogP contribution in [0.5, 0.6) is 0 Å². The molecule has 0 amide bonds. The first-order chi connectivity index (χ1) is 9.30. The van der Waals surface area contributed by atoms with Crippen molar-refractivity contribution in [2.45, 2.75) is 25.9 Å². The van der Waals surface area contributed by atoms with E-state index in [1.165, 1.54) is 0 Å². The van der Waals surface area contributed by atoms with Crippen LogP contribution in [0.2, 0.25) is 0 Å². The van der Waals surface area contributed by atoms with Gasteiger partial charge in [0.25, 0.3) is 0 Å². The van der Waals surface area contributed by atoms with E-state index in [0.29, 0.717) is 38.1 Å². The van der Waals surface area contributed by atoms with E-state index in [0.717, 1.165) is 6.07 Å². The predicted octanol–water partition coefficient (Wildman–Crippen LogP) is 3.42. The Morgan fingerprint density at radius 3 is 2.55 bits per heavy atom. The van der Waals surface area contributed by atoms with Gasteiger partial charge in [0.15, 0.2) is 5.78 Å². The van der Waals surface area contributed by atoms with Crippen LogP contribution in [0.1, 0.15) is 35.7 Å². The van der Waals surface area contributed by atoms with Gasteiger partial charge in [0.05, 0.1) is 5.56 Å². The van der Waals surface area contributed by atoms with Crippen molar-refractivity contribution in [1.29, 1.82) is 0 Å². The van der Waals surface area contributed by atoms with E-state index in [1.54, 1.807) is 0 Å². The minimum Gasteiger partial charge on any atom is -0.316 e. The Morgan fingerprint density at radius 1 is 1.40 bits per heavy atom. The van der Waals surface area contributed by atoms with Gasteiger partial charge in [0, 0.05) is 17.5 Å². The molecular formula is C14H15F4NO. The molecule has 1 N–H and O–H groups in total. The maximum Gasteiger partial charge on any atom is 0.419 e. The maximum absolute atomic E-state index is 13.5. The normalized spacial score (nSPS) is 23.1. The number of benzene rings is 1. The third-order valence-corrected chi connectivity index (χ3v) is 3.94. The highest BCUT2D eigenvalue weighted by molar-refractivity contribution is 6.01. The number of halogens is 4. The smallest absolute Gasteiger partial charge is 0.316 e. The van der Waals surface area contributed by atoms with E-state index in [2.05, 4.69) is 5.32 Å². The summed E-state index contributed by atoms with van der Waals surface area (Å²) in [5.41, 5.74) is -1.98. The monoisotopic (exact) mass is 289 g/mol. The van der Waals surface area contributed by atoms with Gasteiger partial charge in [-0.1, -0.05) is 13.0 Å². The molecule has 6 heteroatoms. The molecule has 0 spiro atoms. The standard InChI is InChI=1S/C14H15F4NO/c1-2-13(5-6-19-8-13)12(20)9-3-4-10(11(15)7-9)14(16,17)18/h3-4,7,19H,2,5-6,8H2,1H3. The SMILES string of the molecule is CCC1(C(=O)c2ccc(C(F)(F)F)c(F)c2)CCNC1. The predicted molar refractivity (Wildman–Crippen MR) is 65.9 cm³/mol. The van der Waals surface area contributed by atoms with Crippen molar-refractivity contribution in [2.24, 2.45) is 5.41 Å². The fraction of sp³-hybridized carbons (Fsp3) is 0.500. The van der Waals surface area contributed by atoms with E-state index in [-0.39, 0.29) is 11.3 Å². The Morgan fingerprint density at radius 2 is 2.10 bits per heavy atom. The second kappa shape index (κ2) is 5.16. The number of hydrogen-bond acceptors (Lipinski definition) is 2. The lowest BCUT2D eigenvalue weighted by Crippen LogP contribution is -2.33. The number of rotatable bonds is 3. The van der Waals surface area contributed by atoms with Crippen molar-refractivity contribution in [2.75, 3.05) is 13.1 Å². The minimum atomic E-state index is -4.75. The first-order valence-corrected chi connectivity index (χ1v) is 6.42. The van der Waals surface area contributed by atoms with E-state index >= 15 is 0 Å². The van der Waals surface area contributed by atoms with Gasteiger partial charge in [-0.3, -0.25) is 4.79 Å². The van der Waals surface area contributed by atoms with Crippen LogP contribution in [0.4, 0.5) is 17.6 Å². The molecular weight excluding hydrogens is 274 g/mol. The number of Topliss-reactive ketones (excluding diaryl/α,β-unsaturated/α-hetero) is 1. The van der Waals surface area contributed by atoms with Crippen LogP contribution in [0, 0.1) is 11.2 Å². The summed E-state index contributed by atoms with van der Waals surface area (Å²) in [6, 6.07) is 2.39. The lowest BCUT2D eigenvalue weighted by Gasteiger charge is -2.25. The Labute approximate surface area is 114 Å². The largest absolute Gasteiger partial charge is 0.419 e. The fourth-order valence-corrected chi connectivity index (χ4v) is 2.59. The molecule has 0 saturated carbocycles. The first kappa shape index (κ1) is 15.0. The van der Waals surface area contributed by atoms with E-state index in [4.69, 9.17) is 0 Å². The van der Waals surface area contributed by atoms with E-state index < -0.39 is 23.0 Å². The van der Waals surface area contributed by atoms with Crippen molar-refractivity contribution in [3.8, 4) is 0 Å². The number of hydrogen-bond donors (Lipinski definition) is 1. The average Bonchev–Trinajstić information content (AvgIpc) is 2.86. The quantitative estimate of drug-likeness (QED) is 0.682. The van der Waals surface area contributed by atoms with Crippen LogP contribution in [-0.4, -0.2) is 18.9 Å². The van der Waals surface area contributed by atoms with Crippen LogP contribution in [0.15, 0.2) is 18.2 Å². The second-order valence-electron chi connectivity index (χ2n) is 5.08. The van der Waals surface area contributed by atoms with Gasteiger partial charge in [-0.15, -0.1) is 0 Å². The molecule has 0 aliphatic carbocycles. The van der Waals surface area contributed by atoms with Gasteiger partial charge in [-0.2, -0.15) is 13.2 Å². The third kappa shape index (κ3) is 2.57. The summed E-state index contributed by atoms with van der Waals surface area (Å²) in [6.45, 7) is 3.01. The third-order valence-electron chi connectivity index (χ3n) is 3.94. The molecule has 1 aliphatic heterocycles. The van der Waals surface area contributed by atoms with Crippen LogP contribution >= 0.6 is 0 Å². The number of carbonyl (C=O) groups is 1. The van der Waals surface area contributed by atoms with Crippen LogP contribution < -0.4 is 5.32 Å². The fourth-order valence-electron chi connectivity index (χ4n) is 2.59. The molecule has 0 aromatic heterocycles. The van der Waals surface area contributed by atoms with Crippen molar-refractivity contribution < 1.29 is 22.4 Å². The average molecular weight is 289 g/mol. The topological polar surface area (TPSA) is 29.1 Å². The van der Waals surface area contributed by atoms with Gasteiger partial charge in [-0.05, 0) is 31.5 Å².